The third-order valence-corrected chi connectivity index (χ3v) is 3.19. The zero-order chi connectivity index (χ0) is 14.4. The van der Waals surface area contributed by atoms with E-state index in [-0.39, 0.29) is 5.41 Å². The first kappa shape index (κ1) is 14.4. The third-order valence-electron chi connectivity index (χ3n) is 3.19. The lowest BCUT2D eigenvalue weighted by molar-refractivity contribution is 0.332. The van der Waals surface area contributed by atoms with Gasteiger partial charge in [-0.25, -0.2) is 0 Å². The Bertz CT molecular complexity index is 511. The second-order valence-electron chi connectivity index (χ2n) is 5.92. The highest BCUT2D eigenvalue weighted by molar-refractivity contribution is 5.42. The Morgan fingerprint density at radius 3 is 2.15 bits per heavy atom. The molecule has 0 aliphatic heterocycles. The van der Waals surface area contributed by atoms with Crippen LogP contribution in [0.2, 0.25) is 0 Å². The van der Waals surface area contributed by atoms with Crippen molar-refractivity contribution in [2.45, 2.75) is 26.2 Å². The Kier molecular flexibility index (Phi) is 4.67. The van der Waals surface area contributed by atoms with E-state index < -0.39 is 0 Å². The summed E-state index contributed by atoms with van der Waals surface area (Å²) in [6.07, 6.45) is 0. The van der Waals surface area contributed by atoms with E-state index in [2.05, 4.69) is 50.4 Å². The number of hydrogen-bond donors (Lipinski definition) is 1. The number of hydrogen-bond acceptors (Lipinski definition) is 2. The molecule has 0 radical (unpaired) electrons. The number of rotatable bonds is 5. The van der Waals surface area contributed by atoms with Crippen molar-refractivity contribution in [1.29, 1.82) is 0 Å². The van der Waals surface area contributed by atoms with Crippen molar-refractivity contribution >= 4 is 5.69 Å². The molecule has 0 atom stereocenters. The molecule has 1 N–H and O–H groups in total. The lowest BCUT2D eigenvalue weighted by atomic mass is 9.87. The van der Waals surface area contributed by atoms with Crippen LogP contribution in [0.4, 0.5) is 5.69 Å². The molecule has 20 heavy (non-hydrogen) atoms. The molecule has 0 aromatic heterocycles. The van der Waals surface area contributed by atoms with Crippen LogP contribution in [0.3, 0.4) is 0 Å². The topological polar surface area (TPSA) is 21.3 Å². The van der Waals surface area contributed by atoms with Gasteiger partial charge >= 0.3 is 0 Å². The number of para-hydroxylation sites is 1. The maximum atomic E-state index is 5.73. The molecule has 2 aromatic rings. The molecular weight excluding hydrogens is 246 g/mol. The standard InChI is InChI=1S/C18H23NO/c1-18(2,3)15-9-11-17(12-10-15)20-14-13-19-16-7-5-4-6-8-16/h4-12,19H,13-14H2,1-3H3. The summed E-state index contributed by atoms with van der Waals surface area (Å²) in [4.78, 5) is 0. The third kappa shape index (κ3) is 4.30. The highest BCUT2D eigenvalue weighted by Gasteiger charge is 2.12. The van der Waals surface area contributed by atoms with Gasteiger partial charge in [0.05, 0.1) is 0 Å². The summed E-state index contributed by atoms with van der Waals surface area (Å²) in [6, 6.07) is 18.5. The predicted octanol–water partition coefficient (Wildman–Crippen LogP) is 4.48. The summed E-state index contributed by atoms with van der Waals surface area (Å²) in [5.74, 6) is 0.924. The summed E-state index contributed by atoms with van der Waals surface area (Å²) in [7, 11) is 0. The molecule has 0 saturated heterocycles. The van der Waals surface area contributed by atoms with Crippen LogP contribution in [-0.4, -0.2) is 13.2 Å². The van der Waals surface area contributed by atoms with E-state index in [1.54, 1.807) is 0 Å². The Balaban J connectivity index is 1.77. The van der Waals surface area contributed by atoms with Crippen molar-refractivity contribution in [3.63, 3.8) is 0 Å². The smallest absolute Gasteiger partial charge is 0.119 e. The summed E-state index contributed by atoms with van der Waals surface area (Å²) in [6.45, 7) is 8.10. The summed E-state index contributed by atoms with van der Waals surface area (Å²) >= 11 is 0. The fourth-order valence-electron chi connectivity index (χ4n) is 1.97. The van der Waals surface area contributed by atoms with Crippen molar-refractivity contribution in [1.82, 2.24) is 0 Å². The molecule has 0 unspecified atom stereocenters. The van der Waals surface area contributed by atoms with Gasteiger partial charge in [-0.1, -0.05) is 51.1 Å². The van der Waals surface area contributed by atoms with Gasteiger partial charge in [-0.2, -0.15) is 0 Å². The van der Waals surface area contributed by atoms with Crippen LogP contribution in [0.25, 0.3) is 0 Å². The molecule has 106 valence electrons. The van der Waals surface area contributed by atoms with Crippen LogP contribution >= 0.6 is 0 Å². The number of nitrogens with one attached hydrogen (secondary N) is 1. The van der Waals surface area contributed by atoms with E-state index in [0.717, 1.165) is 18.0 Å². The van der Waals surface area contributed by atoms with Gasteiger partial charge in [0.15, 0.2) is 0 Å². The van der Waals surface area contributed by atoms with Crippen LogP contribution in [0.15, 0.2) is 54.6 Å². The number of ether oxygens (including phenoxy) is 1. The van der Waals surface area contributed by atoms with Gasteiger partial charge in [0.1, 0.15) is 12.4 Å². The van der Waals surface area contributed by atoms with E-state index in [4.69, 9.17) is 4.74 Å². The number of anilines is 1. The van der Waals surface area contributed by atoms with E-state index >= 15 is 0 Å². The first-order chi connectivity index (χ1) is 9.55. The van der Waals surface area contributed by atoms with Gasteiger partial charge in [0.25, 0.3) is 0 Å². The molecule has 0 fully saturated rings. The van der Waals surface area contributed by atoms with Gasteiger partial charge in [-0.05, 0) is 35.2 Å². The van der Waals surface area contributed by atoms with Gasteiger partial charge in [0, 0.05) is 12.2 Å². The zero-order valence-corrected chi connectivity index (χ0v) is 12.5. The van der Waals surface area contributed by atoms with Gasteiger partial charge < -0.3 is 10.1 Å². The second-order valence-corrected chi connectivity index (χ2v) is 5.92. The molecule has 0 amide bonds. The maximum absolute atomic E-state index is 5.73. The minimum Gasteiger partial charge on any atom is -0.492 e. The lowest BCUT2D eigenvalue weighted by Gasteiger charge is -2.19. The predicted molar refractivity (Wildman–Crippen MR) is 85.6 cm³/mol. The van der Waals surface area contributed by atoms with Crippen molar-refractivity contribution in [2.24, 2.45) is 0 Å². The summed E-state index contributed by atoms with van der Waals surface area (Å²) < 4.78 is 5.73. The monoisotopic (exact) mass is 269 g/mol. The van der Waals surface area contributed by atoms with Crippen LogP contribution in [-0.2, 0) is 5.41 Å². The molecule has 0 aliphatic carbocycles. The van der Waals surface area contributed by atoms with E-state index in [0.29, 0.717) is 6.61 Å². The highest BCUT2D eigenvalue weighted by Crippen LogP contribution is 2.24. The molecule has 2 heteroatoms. The molecule has 2 nitrogen and oxygen atoms in total. The molecule has 0 bridgehead atoms. The molecule has 2 aromatic carbocycles. The fourth-order valence-corrected chi connectivity index (χ4v) is 1.97. The molecule has 2 rings (SSSR count). The minimum absolute atomic E-state index is 0.188. The van der Waals surface area contributed by atoms with Gasteiger partial charge in [-0.15, -0.1) is 0 Å². The van der Waals surface area contributed by atoms with Gasteiger partial charge in [0.2, 0.25) is 0 Å². The Hall–Kier alpha value is -1.96. The average Bonchev–Trinajstić information content (AvgIpc) is 2.44. The fraction of sp³-hybridized carbons (Fsp3) is 0.333. The molecular formula is C18H23NO. The highest BCUT2D eigenvalue weighted by atomic mass is 16.5. The van der Waals surface area contributed by atoms with E-state index in [1.165, 1.54) is 5.56 Å². The average molecular weight is 269 g/mol. The van der Waals surface area contributed by atoms with Crippen molar-refractivity contribution in [2.75, 3.05) is 18.5 Å². The van der Waals surface area contributed by atoms with Crippen LogP contribution in [0, 0.1) is 0 Å². The second kappa shape index (κ2) is 6.47. The first-order valence-electron chi connectivity index (χ1n) is 7.08. The zero-order valence-electron chi connectivity index (χ0n) is 12.5. The van der Waals surface area contributed by atoms with Crippen molar-refractivity contribution in [3.8, 4) is 5.75 Å². The molecule has 0 heterocycles. The molecule has 0 saturated carbocycles. The Morgan fingerprint density at radius 1 is 0.900 bits per heavy atom. The maximum Gasteiger partial charge on any atom is 0.119 e. The van der Waals surface area contributed by atoms with E-state index in [9.17, 15) is 0 Å². The number of benzene rings is 2. The quantitative estimate of drug-likeness (QED) is 0.808. The normalized spacial score (nSPS) is 11.2. The van der Waals surface area contributed by atoms with Crippen LogP contribution < -0.4 is 10.1 Å². The molecule has 0 spiro atoms. The van der Waals surface area contributed by atoms with Crippen molar-refractivity contribution < 1.29 is 4.74 Å². The largest absolute Gasteiger partial charge is 0.492 e. The summed E-state index contributed by atoms with van der Waals surface area (Å²) in [5.41, 5.74) is 2.64. The van der Waals surface area contributed by atoms with Crippen LogP contribution in [0.5, 0.6) is 5.75 Å². The minimum atomic E-state index is 0.188. The summed E-state index contributed by atoms with van der Waals surface area (Å²) in [5, 5.41) is 3.33. The Morgan fingerprint density at radius 2 is 1.55 bits per heavy atom. The van der Waals surface area contributed by atoms with Gasteiger partial charge in [-0.3, -0.25) is 0 Å². The lowest BCUT2D eigenvalue weighted by Crippen LogP contribution is -2.12. The van der Waals surface area contributed by atoms with Crippen molar-refractivity contribution in [3.05, 3.63) is 60.2 Å². The first-order valence-corrected chi connectivity index (χ1v) is 7.08. The Labute approximate surface area is 121 Å². The van der Waals surface area contributed by atoms with E-state index in [1.807, 2.05) is 30.3 Å². The SMILES string of the molecule is CC(C)(C)c1ccc(OCCNc2ccccc2)cc1. The van der Waals surface area contributed by atoms with Crippen LogP contribution in [0.1, 0.15) is 26.3 Å². The molecule has 0 aliphatic rings.